The van der Waals surface area contributed by atoms with Gasteiger partial charge in [0, 0.05) is 36.0 Å². The van der Waals surface area contributed by atoms with Crippen LogP contribution in [0.3, 0.4) is 0 Å². The minimum absolute atomic E-state index is 0.116. The molecule has 3 atom stereocenters. The van der Waals surface area contributed by atoms with Gasteiger partial charge in [-0.3, -0.25) is 13.6 Å². The quantitative estimate of drug-likeness (QED) is 0.295. The predicted octanol–water partition coefficient (Wildman–Crippen LogP) is 6.52. The lowest BCUT2D eigenvalue weighted by atomic mass is 9.80. The molecule has 2 N–H and O–H groups in total. The summed E-state index contributed by atoms with van der Waals surface area (Å²) in [6.07, 6.45) is 5.41. The van der Waals surface area contributed by atoms with Crippen molar-refractivity contribution in [2.75, 3.05) is 18.1 Å². The van der Waals surface area contributed by atoms with Gasteiger partial charge in [0.1, 0.15) is 11.0 Å². The Balaban J connectivity index is 1.32. The average Bonchev–Trinajstić information content (AvgIpc) is 3.57. The molecular weight excluding hydrogens is 561 g/mol. The third-order valence-electron chi connectivity index (χ3n) is 7.21. The van der Waals surface area contributed by atoms with E-state index in [4.69, 9.17) is 0 Å². The molecule has 0 saturated heterocycles. The molecule has 3 aromatic rings. The number of nitrogens with zero attached hydrogens (tertiary/aromatic N) is 2. The van der Waals surface area contributed by atoms with Crippen LogP contribution < -0.4 is 10.6 Å². The van der Waals surface area contributed by atoms with E-state index in [0.717, 1.165) is 49.7 Å². The fraction of sp³-hybridized carbons (Fsp3) is 0.464. The van der Waals surface area contributed by atoms with Crippen molar-refractivity contribution in [2.45, 2.75) is 63.5 Å². The highest BCUT2D eigenvalue weighted by Gasteiger charge is 2.29. The Morgan fingerprint density at radius 2 is 1.95 bits per heavy atom. The summed E-state index contributed by atoms with van der Waals surface area (Å²) in [7, 11) is -1.27. The topological polar surface area (TPSA) is 93.1 Å². The normalized spacial score (nSPS) is 18.9. The van der Waals surface area contributed by atoms with Crippen LogP contribution in [-0.2, 0) is 15.8 Å². The van der Waals surface area contributed by atoms with Crippen molar-refractivity contribution in [2.24, 2.45) is 5.92 Å². The lowest BCUT2D eigenvalue weighted by Gasteiger charge is -2.26. The van der Waals surface area contributed by atoms with E-state index in [2.05, 4.69) is 27.8 Å². The van der Waals surface area contributed by atoms with Gasteiger partial charge in [0.05, 0.1) is 17.8 Å². The Morgan fingerprint density at radius 1 is 1.15 bits per heavy atom. The molecule has 0 bridgehead atoms. The molecule has 0 spiro atoms. The zero-order valence-corrected chi connectivity index (χ0v) is 23.8. The molecule has 0 radical (unpaired) electrons. The van der Waals surface area contributed by atoms with Crippen LogP contribution in [0.2, 0.25) is 0 Å². The van der Waals surface area contributed by atoms with Gasteiger partial charge in [-0.25, -0.2) is 9.19 Å². The summed E-state index contributed by atoms with van der Waals surface area (Å²) in [4.78, 5) is 29.2. The SMILES string of the molecule is CS(=O)n1ccc(C(=O)NCC(=O)Nc2nc(-c3cccc(C4CCCCC(CCC(F)(F)F)CC4)c3)cs2)c1. The first-order valence-electron chi connectivity index (χ1n) is 13.3. The second-order valence-electron chi connectivity index (χ2n) is 10.2. The van der Waals surface area contributed by atoms with Crippen molar-refractivity contribution in [1.29, 1.82) is 0 Å². The van der Waals surface area contributed by atoms with E-state index in [1.165, 1.54) is 40.0 Å². The fourth-order valence-corrected chi connectivity index (χ4v) is 6.28. The zero-order chi connectivity index (χ0) is 28.7. The third-order valence-corrected chi connectivity index (χ3v) is 8.79. The van der Waals surface area contributed by atoms with Gasteiger partial charge in [0.25, 0.3) is 5.91 Å². The van der Waals surface area contributed by atoms with Gasteiger partial charge in [0.15, 0.2) is 5.13 Å². The molecule has 2 amide bonds. The van der Waals surface area contributed by atoms with Crippen LogP contribution in [0.25, 0.3) is 11.3 Å². The molecular formula is C28H33F3N4O3S2. The van der Waals surface area contributed by atoms with Crippen LogP contribution in [-0.4, -0.2) is 44.0 Å². The molecule has 1 saturated carbocycles. The number of thiazole rings is 1. The largest absolute Gasteiger partial charge is 0.389 e. The number of alkyl halides is 3. The summed E-state index contributed by atoms with van der Waals surface area (Å²) in [5, 5.41) is 7.50. The first kappa shape index (κ1) is 30.0. The Bertz CT molecular complexity index is 1340. The maximum absolute atomic E-state index is 12.7. The molecule has 1 aliphatic rings. The average molecular weight is 595 g/mol. The highest BCUT2D eigenvalue weighted by Crippen LogP contribution is 2.37. The minimum Gasteiger partial charge on any atom is -0.343 e. The Hall–Kier alpha value is -2.99. The maximum Gasteiger partial charge on any atom is 0.389 e. The van der Waals surface area contributed by atoms with E-state index < -0.39 is 35.4 Å². The lowest BCUT2D eigenvalue weighted by molar-refractivity contribution is -0.138. The smallest absolute Gasteiger partial charge is 0.343 e. The summed E-state index contributed by atoms with van der Waals surface area (Å²) in [6, 6.07) is 9.62. The molecule has 3 unspecified atom stereocenters. The zero-order valence-electron chi connectivity index (χ0n) is 22.2. The second-order valence-corrected chi connectivity index (χ2v) is 12.3. The molecule has 2 heterocycles. The number of aromatic nitrogens is 2. The number of benzene rings is 1. The van der Waals surface area contributed by atoms with E-state index >= 15 is 0 Å². The van der Waals surface area contributed by atoms with E-state index in [0.29, 0.717) is 22.3 Å². The standard InChI is InChI=1S/C28H33F3N4O3S2/c1-40(38)35-14-12-23(17-35)26(37)32-16-25(36)34-27-33-24(18-39-27)22-8-4-7-21(15-22)20-6-3-2-5-19(9-10-20)11-13-28(29,30)31/h4,7-8,12,14-15,17-20H,2-3,5-6,9-11,13,16H2,1H3,(H,32,37)(H,33,34,36). The fourth-order valence-electron chi connectivity index (χ4n) is 5.05. The Morgan fingerprint density at radius 3 is 2.70 bits per heavy atom. The van der Waals surface area contributed by atoms with E-state index in [9.17, 15) is 27.0 Å². The van der Waals surface area contributed by atoms with Gasteiger partial charge in [-0.05, 0) is 55.2 Å². The first-order valence-corrected chi connectivity index (χ1v) is 15.7. The summed E-state index contributed by atoms with van der Waals surface area (Å²) in [5.41, 5.74) is 3.10. The van der Waals surface area contributed by atoms with Crippen molar-refractivity contribution < 1.29 is 27.0 Å². The van der Waals surface area contributed by atoms with Gasteiger partial charge >= 0.3 is 6.18 Å². The Labute approximate surface area is 238 Å². The monoisotopic (exact) mass is 594 g/mol. The highest BCUT2D eigenvalue weighted by atomic mass is 32.2. The second kappa shape index (κ2) is 13.6. The number of halogens is 3. The molecule has 7 nitrogen and oxygen atoms in total. The van der Waals surface area contributed by atoms with Crippen molar-refractivity contribution >= 4 is 39.3 Å². The van der Waals surface area contributed by atoms with Crippen LogP contribution in [0.1, 0.15) is 73.2 Å². The van der Waals surface area contributed by atoms with Crippen LogP contribution >= 0.6 is 11.3 Å². The third kappa shape index (κ3) is 8.76. The lowest BCUT2D eigenvalue weighted by Crippen LogP contribution is -2.32. The number of rotatable bonds is 9. The van der Waals surface area contributed by atoms with E-state index in [1.54, 1.807) is 0 Å². The van der Waals surface area contributed by atoms with E-state index in [-0.39, 0.29) is 18.9 Å². The number of anilines is 1. The summed E-state index contributed by atoms with van der Waals surface area (Å²) >= 11 is 1.28. The predicted molar refractivity (Wildman–Crippen MR) is 152 cm³/mol. The maximum atomic E-state index is 12.7. The minimum atomic E-state index is -4.10. The summed E-state index contributed by atoms with van der Waals surface area (Å²) < 4.78 is 51.0. The van der Waals surface area contributed by atoms with Crippen molar-refractivity contribution in [1.82, 2.24) is 14.3 Å². The van der Waals surface area contributed by atoms with Crippen LogP contribution in [0.4, 0.5) is 18.3 Å². The molecule has 2 aromatic heterocycles. The number of carbonyl (C=O) groups is 2. The van der Waals surface area contributed by atoms with Crippen molar-refractivity contribution in [3.05, 3.63) is 59.2 Å². The molecule has 1 fully saturated rings. The van der Waals surface area contributed by atoms with Gasteiger partial charge < -0.3 is 10.6 Å². The van der Waals surface area contributed by atoms with Crippen LogP contribution in [0, 0.1) is 5.92 Å². The van der Waals surface area contributed by atoms with E-state index in [1.807, 2.05) is 17.5 Å². The molecule has 12 heteroatoms. The number of hydrogen-bond acceptors (Lipinski definition) is 5. The first-order chi connectivity index (χ1) is 19.1. The van der Waals surface area contributed by atoms with Crippen molar-refractivity contribution in [3.63, 3.8) is 0 Å². The van der Waals surface area contributed by atoms with Gasteiger partial charge in [0.2, 0.25) is 5.91 Å². The molecule has 1 aliphatic carbocycles. The molecule has 1 aromatic carbocycles. The van der Waals surface area contributed by atoms with Gasteiger partial charge in [-0.1, -0.05) is 37.5 Å². The molecule has 40 heavy (non-hydrogen) atoms. The molecule has 216 valence electrons. The Kier molecular flexibility index (Phi) is 10.2. The van der Waals surface area contributed by atoms with Gasteiger partial charge in [-0.15, -0.1) is 11.3 Å². The van der Waals surface area contributed by atoms with Crippen LogP contribution in [0.5, 0.6) is 0 Å². The molecule has 4 rings (SSSR count). The number of amides is 2. The number of carbonyl (C=O) groups excluding carboxylic acids is 2. The summed E-state index contributed by atoms with van der Waals surface area (Å²) in [5.74, 6) is -0.456. The summed E-state index contributed by atoms with van der Waals surface area (Å²) in [6.45, 7) is -0.241. The highest BCUT2D eigenvalue weighted by molar-refractivity contribution is 7.82. The molecule has 0 aliphatic heterocycles. The van der Waals surface area contributed by atoms with Crippen LogP contribution in [0.15, 0.2) is 48.1 Å². The number of hydrogen-bond donors (Lipinski definition) is 2. The van der Waals surface area contributed by atoms with Gasteiger partial charge in [-0.2, -0.15) is 13.2 Å². The van der Waals surface area contributed by atoms with Crippen molar-refractivity contribution in [3.8, 4) is 11.3 Å². The number of nitrogens with one attached hydrogen (secondary N) is 2.